The van der Waals surface area contributed by atoms with E-state index in [4.69, 9.17) is 16.3 Å². The summed E-state index contributed by atoms with van der Waals surface area (Å²) in [5.74, 6) is 1.05. The zero-order valence-electron chi connectivity index (χ0n) is 8.22. The second-order valence-corrected chi connectivity index (χ2v) is 3.90. The van der Waals surface area contributed by atoms with Crippen LogP contribution >= 0.6 is 11.6 Å². The Bertz CT molecular complexity index is 316. The topological polar surface area (TPSA) is 52.8 Å². The lowest BCUT2D eigenvalue weighted by Crippen LogP contribution is -2.20. The summed E-state index contributed by atoms with van der Waals surface area (Å²) in [6.07, 6.45) is 1.36. The molecule has 1 aliphatic rings. The molecular formula is C8H13ClN4O. The van der Waals surface area contributed by atoms with Crippen LogP contribution in [0.25, 0.3) is 0 Å². The zero-order valence-corrected chi connectivity index (χ0v) is 8.98. The highest BCUT2D eigenvalue weighted by Gasteiger charge is 2.33. The van der Waals surface area contributed by atoms with E-state index in [-0.39, 0.29) is 18.2 Å². The Morgan fingerprint density at radius 2 is 2.36 bits per heavy atom. The predicted molar refractivity (Wildman–Crippen MR) is 51.0 cm³/mol. The first kappa shape index (κ1) is 9.86. The van der Waals surface area contributed by atoms with Gasteiger partial charge in [-0.1, -0.05) is 0 Å². The maximum absolute atomic E-state index is 5.73. The van der Waals surface area contributed by atoms with Crippen molar-refractivity contribution in [1.29, 1.82) is 0 Å². The summed E-state index contributed by atoms with van der Waals surface area (Å²) in [7, 11) is 0. The lowest BCUT2D eigenvalue weighted by atomic mass is 10.1. The van der Waals surface area contributed by atoms with Crippen molar-refractivity contribution in [2.75, 3.05) is 0 Å². The molecule has 1 aromatic heterocycles. The predicted octanol–water partition coefficient (Wildman–Crippen LogP) is 1.15. The van der Waals surface area contributed by atoms with Crippen molar-refractivity contribution in [3.63, 3.8) is 0 Å². The third-order valence-corrected chi connectivity index (χ3v) is 2.80. The van der Waals surface area contributed by atoms with E-state index in [1.165, 1.54) is 0 Å². The molecule has 2 rings (SSSR count). The summed E-state index contributed by atoms with van der Waals surface area (Å²) in [5.41, 5.74) is 0. The number of nitrogens with zero attached hydrogens (tertiary/aromatic N) is 4. The quantitative estimate of drug-likeness (QED) is 0.696. The molecule has 0 saturated carbocycles. The van der Waals surface area contributed by atoms with Crippen LogP contribution in [0.15, 0.2) is 0 Å². The summed E-state index contributed by atoms with van der Waals surface area (Å²) in [4.78, 5) is 0. The first-order valence-electron chi connectivity index (χ1n) is 4.70. The van der Waals surface area contributed by atoms with Gasteiger partial charge in [-0.3, -0.25) is 0 Å². The fourth-order valence-corrected chi connectivity index (χ4v) is 2.08. The van der Waals surface area contributed by atoms with Crippen LogP contribution in [0.2, 0.25) is 0 Å². The number of aromatic nitrogens is 4. The number of hydrogen-bond donors (Lipinski definition) is 0. The molecule has 6 heteroatoms. The first-order chi connectivity index (χ1) is 6.72. The molecule has 5 nitrogen and oxygen atoms in total. The van der Waals surface area contributed by atoms with Gasteiger partial charge in [0.1, 0.15) is 0 Å². The van der Waals surface area contributed by atoms with Crippen LogP contribution in [0.1, 0.15) is 32.1 Å². The fourth-order valence-electron chi connectivity index (χ4n) is 1.90. The van der Waals surface area contributed by atoms with Crippen molar-refractivity contribution >= 4 is 11.6 Å². The van der Waals surface area contributed by atoms with E-state index in [1.807, 2.05) is 6.92 Å². The molecule has 0 N–H and O–H groups in total. The highest BCUT2D eigenvalue weighted by molar-refractivity contribution is 6.16. The number of rotatable bonds is 2. The minimum Gasteiger partial charge on any atom is -0.373 e. The number of halogens is 1. The smallest absolute Gasteiger partial charge is 0.166 e. The molecule has 1 fully saturated rings. The highest BCUT2D eigenvalue weighted by Crippen LogP contribution is 2.30. The van der Waals surface area contributed by atoms with E-state index in [9.17, 15) is 0 Å². The van der Waals surface area contributed by atoms with E-state index in [1.54, 1.807) is 4.68 Å². The van der Waals surface area contributed by atoms with E-state index < -0.39 is 0 Å². The molecule has 3 atom stereocenters. The van der Waals surface area contributed by atoms with Gasteiger partial charge in [-0.2, -0.15) is 0 Å². The van der Waals surface area contributed by atoms with Crippen LogP contribution in [0.5, 0.6) is 0 Å². The van der Waals surface area contributed by atoms with Gasteiger partial charge < -0.3 is 4.74 Å². The monoisotopic (exact) mass is 216 g/mol. The molecule has 0 amide bonds. The van der Waals surface area contributed by atoms with Gasteiger partial charge in [0.05, 0.1) is 24.1 Å². The number of ether oxygens (including phenoxy) is 1. The Labute approximate surface area is 87.4 Å². The van der Waals surface area contributed by atoms with E-state index >= 15 is 0 Å². The van der Waals surface area contributed by atoms with Crippen LogP contribution in [0, 0.1) is 0 Å². The average Bonchev–Trinajstić information content (AvgIpc) is 2.71. The van der Waals surface area contributed by atoms with Crippen LogP contribution in [0.4, 0.5) is 0 Å². The van der Waals surface area contributed by atoms with E-state index in [0.717, 1.165) is 6.42 Å². The SMILES string of the molecule is CC1CC(n2nnnc2CCl)C(C)O1. The van der Waals surface area contributed by atoms with E-state index in [2.05, 4.69) is 22.4 Å². The van der Waals surface area contributed by atoms with Crippen LogP contribution in [-0.4, -0.2) is 32.4 Å². The largest absolute Gasteiger partial charge is 0.373 e. The third-order valence-electron chi connectivity index (χ3n) is 2.56. The third kappa shape index (κ3) is 1.62. The second kappa shape index (κ2) is 3.82. The van der Waals surface area contributed by atoms with Gasteiger partial charge in [-0.05, 0) is 30.7 Å². The summed E-state index contributed by atoms with van der Waals surface area (Å²) in [6.45, 7) is 4.09. The molecule has 1 saturated heterocycles. The minimum atomic E-state index is 0.149. The maximum Gasteiger partial charge on any atom is 0.166 e. The highest BCUT2D eigenvalue weighted by atomic mass is 35.5. The normalized spacial score (nSPS) is 32.4. The summed E-state index contributed by atoms with van der Waals surface area (Å²) < 4.78 is 7.42. The van der Waals surface area contributed by atoms with Crippen LogP contribution in [-0.2, 0) is 10.6 Å². The average molecular weight is 217 g/mol. The van der Waals surface area contributed by atoms with Gasteiger partial charge in [0.25, 0.3) is 0 Å². The number of tetrazole rings is 1. The Hall–Kier alpha value is -0.680. The van der Waals surface area contributed by atoms with Crippen molar-refractivity contribution in [2.45, 2.75) is 44.4 Å². The van der Waals surface area contributed by atoms with Crippen LogP contribution < -0.4 is 0 Å². The van der Waals surface area contributed by atoms with Gasteiger partial charge in [0, 0.05) is 0 Å². The number of hydrogen-bond acceptors (Lipinski definition) is 4. The maximum atomic E-state index is 5.73. The molecule has 0 aliphatic carbocycles. The lowest BCUT2D eigenvalue weighted by Gasteiger charge is -2.14. The first-order valence-corrected chi connectivity index (χ1v) is 5.24. The summed E-state index contributed by atoms with van der Waals surface area (Å²) in [6, 6.07) is 0.216. The lowest BCUT2D eigenvalue weighted by molar-refractivity contribution is 0.0555. The van der Waals surface area contributed by atoms with Crippen molar-refractivity contribution in [2.24, 2.45) is 0 Å². The van der Waals surface area contributed by atoms with Gasteiger partial charge in [-0.15, -0.1) is 16.7 Å². The molecule has 3 unspecified atom stereocenters. The van der Waals surface area contributed by atoms with Crippen molar-refractivity contribution < 1.29 is 4.74 Å². The molecule has 1 aliphatic heterocycles. The molecule has 0 bridgehead atoms. The molecule has 14 heavy (non-hydrogen) atoms. The zero-order chi connectivity index (χ0) is 10.1. The van der Waals surface area contributed by atoms with Gasteiger partial charge in [0.2, 0.25) is 0 Å². The molecule has 2 heterocycles. The Balaban J connectivity index is 2.22. The summed E-state index contributed by atoms with van der Waals surface area (Å²) >= 11 is 5.73. The van der Waals surface area contributed by atoms with Crippen molar-refractivity contribution in [1.82, 2.24) is 20.2 Å². The molecule has 0 radical (unpaired) electrons. The van der Waals surface area contributed by atoms with Crippen LogP contribution in [0.3, 0.4) is 0 Å². The molecule has 0 aromatic carbocycles. The second-order valence-electron chi connectivity index (χ2n) is 3.63. The Morgan fingerprint density at radius 1 is 1.57 bits per heavy atom. The number of alkyl halides is 1. The Morgan fingerprint density at radius 3 is 2.93 bits per heavy atom. The molecule has 78 valence electrons. The Kier molecular flexibility index (Phi) is 2.69. The van der Waals surface area contributed by atoms with E-state index in [0.29, 0.717) is 11.7 Å². The van der Waals surface area contributed by atoms with Crippen molar-refractivity contribution in [3.8, 4) is 0 Å². The van der Waals surface area contributed by atoms with Gasteiger partial charge in [0.15, 0.2) is 5.82 Å². The van der Waals surface area contributed by atoms with Crippen molar-refractivity contribution in [3.05, 3.63) is 5.82 Å². The van der Waals surface area contributed by atoms with Gasteiger partial charge in [-0.25, -0.2) is 4.68 Å². The van der Waals surface area contributed by atoms with Gasteiger partial charge >= 0.3 is 0 Å². The molecule has 1 aromatic rings. The standard InChI is InChI=1S/C8H13ClN4O/c1-5-3-7(6(2)14-5)13-8(4-9)10-11-12-13/h5-7H,3-4H2,1-2H3. The molecular weight excluding hydrogens is 204 g/mol. The molecule has 0 spiro atoms. The minimum absolute atomic E-state index is 0.149. The fraction of sp³-hybridized carbons (Fsp3) is 0.875. The summed E-state index contributed by atoms with van der Waals surface area (Å²) in [5, 5.41) is 11.4.